The molecule has 152 valence electrons. The number of carbonyl (C=O) groups excluding carboxylic acids is 2. The number of hydrazine groups is 1. The van der Waals surface area contributed by atoms with Crippen LogP contribution in [0.2, 0.25) is 0 Å². The molecule has 0 radical (unpaired) electrons. The summed E-state index contributed by atoms with van der Waals surface area (Å²) in [5.74, 6) is 3.87. The maximum Gasteiger partial charge on any atom is 0.356 e. The van der Waals surface area contributed by atoms with E-state index < -0.39 is 54.4 Å². The molecule has 1 amide bonds. The molecule has 4 unspecified atom stereocenters. The highest BCUT2D eigenvalue weighted by atomic mass is 16.6. The average Bonchev–Trinajstić information content (AvgIpc) is 3.43. The van der Waals surface area contributed by atoms with Gasteiger partial charge in [0.05, 0.1) is 25.0 Å². The molecule has 0 aromatic rings. The first-order valence-corrected chi connectivity index (χ1v) is 8.44. The van der Waals surface area contributed by atoms with Crippen molar-refractivity contribution in [1.82, 2.24) is 5.01 Å². The van der Waals surface area contributed by atoms with Gasteiger partial charge in [0.25, 0.3) is 5.91 Å². The number of aliphatic hydroxyl groups is 3. The second-order valence-electron chi connectivity index (χ2n) is 6.20. The number of ether oxygens (including phenoxy) is 2. The molecule has 1 aliphatic carbocycles. The van der Waals surface area contributed by atoms with Gasteiger partial charge in [-0.25, -0.2) is 15.6 Å². The molecule has 2 rings (SSSR count). The van der Waals surface area contributed by atoms with Gasteiger partial charge >= 0.3 is 5.97 Å². The molecule has 1 heterocycles. The molecular weight excluding hydrogens is 362 g/mol. The Hall–Kier alpha value is -2.25. The molecule has 2 fully saturated rings. The van der Waals surface area contributed by atoms with Gasteiger partial charge in [-0.05, 0) is 19.8 Å². The number of rotatable bonds is 7. The van der Waals surface area contributed by atoms with E-state index in [9.17, 15) is 19.8 Å². The number of hydrogen-bond acceptors (Lipinski definition) is 11. The minimum Gasteiger partial charge on any atom is -0.461 e. The van der Waals surface area contributed by atoms with Crippen LogP contribution in [0.3, 0.4) is 0 Å². The van der Waals surface area contributed by atoms with Crippen LogP contribution < -0.4 is 17.3 Å². The molecule has 1 saturated heterocycles. The van der Waals surface area contributed by atoms with Gasteiger partial charge in [-0.2, -0.15) is 0 Å². The molecule has 9 N–H and O–H groups in total. The van der Waals surface area contributed by atoms with Gasteiger partial charge in [0.1, 0.15) is 29.7 Å². The third-order valence-corrected chi connectivity index (χ3v) is 4.13. The summed E-state index contributed by atoms with van der Waals surface area (Å²) < 4.78 is 9.97. The average molecular weight is 387 g/mol. The zero-order valence-corrected chi connectivity index (χ0v) is 14.8. The molecule has 0 spiro atoms. The largest absolute Gasteiger partial charge is 0.461 e. The number of hydrogen-bond donors (Lipinski definition) is 6. The Morgan fingerprint density at radius 3 is 2.33 bits per heavy atom. The third kappa shape index (κ3) is 4.54. The Balaban J connectivity index is 2.28. The summed E-state index contributed by atoms with van der Waals surface area (Å²) in [6, 6.07) is -0.170. The molecule has 12 nitrogen and oxygen atoms in total. The molecule has 27 heavy (non-hydrogen) atoms. The van der Waals surface area contributed by atoms with Gasteiger partial charge in [-0.15, -0.1) is 0 Å². The van der Waals surface area contributed by atoms with Crippen molar-refractivity contribution in [3.63, 3.8) is 0 Å². The quantitative estimate of drug-likeness (QED) is 0.0632. The van der Waals surface area contributed by atoms with Crippen LogP contribution in [-0.2, 0) is 19.1 Å². The van der Waals surface area contributed by atoms with Gasteiger partial charge in [-0.1, -0.05) is 0 Å². The zero-order chi connectivity index (χ0) is 20.3. The fourth-order valence-electron chi connectivity index (χ4n) is 2.42. The van der Waals surface area contributed by atoms with Crippen molar-refractivity contribution < 1.29 is 34.4 Å². The molecule has 2 aliphatic rings. The SMILES string of the molecule is CCOC(=O)C(N)=C(N)C(=NC1CC1)C(=O)N(N)C1OC(CO)C(O)C1O. The van der Waals surface area contributed by atoms with Crippen molar-refractivity contribution in [3.05, 3.63) is 11.4 Å². The molecule has 0 aromatic carbocycles. The molecular formula is C15H25N5O7. The van der Waals surface area contributed by atoms with E-state index in [1.165, 1.54) is 0 Å². The van der Waals surface area contributed by atoms with E-state index in [4.69, 9.17) is 31.9 Å². The van der Waals surface area contributed by atoms with Crippen LogP contribution in [0.25, 0.3) is 0 Å². The highest BCUT2D eigenvalue weighted by Gasteiger charge is 2.47. The fraction of sp³-hybridized carbons (Fsp3) is 0.667. The lowest BCUT2D eigenvalue weighted by Crippen LogP contribution is -2.54. The van der Waals surface area contributed by atoms with Crippen molar-refractivity contribution in [2.45, 2.75) is 50.3 Å². The van der Waals surface area contributed by atoms with Crippen molar-refractivity contribution in [2.75, 3.05) is 13.2 Å². The minimum atomic E-state index is -1.56. The maximum absolute atomic E-state index is 12.8. The number of amides is 1. The number of nitrogens with two attached hydrogens (primary N) is 3. The van der Waals surface area contributed by atoms with Crippen LogP contribution in [0.4, 0.5) is 0 Å². The van der Waals surface area contributed by atoms with E-state index >= 15 is 0 Å². The Morgan fingerprint density at radius 1 is 1.22 bits per heavy atom. The van der Waals surface area contributed by atoms with E-state index in [2.05, 4.69) is 4.99 Å². The molecule has 12 heteroatoms. The standard InChI is InChI=1S/C15H25N5O7/c1-2-26-15(25)9(17)8(16)10(19-6-3-4-6)13(24)20(18)14-12(23)11(22)7(5-21)27-14/h6-7,11-12,14,21-23H,2-5,16-18H2,1H3. The monoisotopic (exact) mass is 387 g/mol. The predicted molar refractivity (Wildman–Crippen MR) is 91.3 cm³/mol. The van der Waals surface area contributed by atoms with Gasteiger partial charge < -0.3 is 36.3 Å². The van der Waals surface area contributed by atoms with E-state index in [0.717, 1.165) is 12.8 Å². The smallest absolute Gasteiger partial charge is 0.356 e. The van der Waals surface area contributed by atoms with Crippen LogP contribution in [-0.4, -0.2) is 81.7 Å². The van der Waals surface area contributed by atoms with Gasteiger partial charge in [0, 0.05) is 0 Å². The number of esters is 1. The van der Waals surface area contributed by atoms with E-state index in [0.29, 0.717) is 5.01 Å². The summed E-state index contributed by atoms with van der Waals surface area (Å²) in [5, 5.41) is 29.5. The summed E-state index contributed by atoms with van der Waals surface area (Å²) in [4.78, 5) is 28.7. The maximum atomic E-state index is 12.8. The van der Waals surface area contributed by atoms with Gasteiger partial charge in [0.15, 0.2) is 6.23 Å². The number of carbonyl (C=O) groups is 2. The summed E-state index contributed by atoms with van der Waals surface area (Å²) in [5.41, 5.74) is 10.2. The Morgan fingerprint density at radius 2 is 1.85 bits per heavy atom. The number of aliphatic hydroxyl groups excluding tert-OH is 3. The predicted octanol–water partition coefficient (Wildman–Crippen LogP) is -3.58. The summed E-state index contributed by atoms with van der Waals surface area (Å²) in [6.07, 6.45) is -4.13. The summed E-state index contributed by atoms with van der Waals surface area (Å²) in [6.45, 7) is 1.05. The highest BCUT2D eigenvalue weighted by Crippen LogP contribution is 2.26. The van der Waals surface area contributed by atoms with Gasteiger partial charge in [-0.3, -0.25) is 9.79 Å². The lowest BCUT2D eigenvalue weighted by molar-refractivity contribution is -0.146. The minimum absolute atomic E-state index is 0.0570. The topological polar surface area (TPSA) is 207 Å². The Kier molecular flexibility index (Phi) is 6.73. The first kappa shape index (κ1) is 21.1. The molecule has 0 bridgehead atoms. The van der Waals surface area contributed by atoms with E-state index in [-0.39, 0.29) is 18.4 Å². The van der Waals surface area contributed by atoms with Crippen LogP contribution >= 0.6 is 0 Å². The Labute approximate surface area is 155 Å². The van der Waals surface area contributed by atoms with Crippen molar-refractivity contribution in [3.8, 4) is 0 Å². The third-order valence-electron chi connectivity index (χ3n) is 4.13. The Bertz CT molecular complexity index is 648. The molecule has 1 saturated carbocycles. The lowest BCUT2D eigenvalue weighted by Gasteiger charge is -2.26. The van der Waals surface area contributed by atoms with E-state index in [1.54, 1.807) is 6.92 Å². The lowest BCUT2D eigenvalue weighted by atomic mass is 10.1. The van der Waals surface area contributed by atoms with Crippen molar-refractivity contribution >= 4 is 17.6 Å². The summed E-state index contributed by atoms with van der Waals surface area (Å²) >= 11 is 0. The normalized spacial score (nSPS) is 29.3. The van der Waals surface area contributed by atoms with Crippen LogP contribution in [0, 0.1) is 0 Å². The molecule has 1 aliphatic heterocycles. The second kappa shape index (κ2) is 8.63. The summed E-state index contributed by atoms with van der Waals surface area (Å²) in [7, 11) is 0. The van der Waals surface area contributed by atoms with Crippen molar-refractivity contribution in [1.29, 1.82) is 0 Å². The molecule has 4 atom stereocenters. The first-order valence-electron chi connectivity index (χ1n) is 8.44. The van der Waals surface area contributed by atoms with Crippen LogP contribution in [0.5, 0.6) is 0 Å². The number of nitrogens with zero attached hydrogens (tertiary/aromatic N) is 2. The fourth-order valence-corrected chi connectivity index (χ4v) is 2.42. The highest BCUT2D eigenvalue weighted by molar-refractivity contribution is 6.45. The zero-order valence-electron chi connectivity index (χ0n) is 14.8. The molecule has 0 aromatic heterocycles. The van der Waals surface area contributed by atoms with Crippen LogP contribution in [0.1, 0.15) is 19.8 Å². The van der Waals surface area contributed by atoms with Crippen molar-refractivity contribution in [2.24, 2.45) is 22.3 Å². The first-order chi connectivity index (χ1) is 12.7. The second-order valence-corrected chi connectivity index (χ2v) is 6.20. The number of aliphatic imine (C=N–C) groups is 1. The van der Waals surface area contributed by atoms with Crippen LogP contribution in [0.15, 0.2) is 16.4 Å². The van der Waals surface area contributed by atoms with E-state index in [1.807, 2.05) is 0 Å². The van der Waals surface area contributed by atoms with Gasteiger partial charge in [0.2, 0.25) is 0 Å².